The van der Waals surface area contributed by atoms with E-state index in [0.29, 0.717) is 5.92 Å². The second-order valence-electron chi connectivity index (χ2n) is 5.61. The van der Waals surface area contributed by atoms with Gasteiger partial charge in [-0.15, -0.1) is 0 Å². The zero-order valence-electron chi connectivity index (χ0n) is 11.9. The summed E-state index contributed by atoms with van der Waals surface area (Å²) < 4.78 is 5.40. The average Bonchev–Trinajstić information content (AvgIpc) is 2.90. The number of aromatic nitrogens is 2. The van der Waals surface area contributed by atoms with E-state index >= 15 is 0 Å². The number of nitrogens with one attached hydrogen (secondary N) is 1. The highest BCUT2D eigenvalue weighted by molar-refractivity contribution is 5.27. The predicted octanol–water partition coefficient (Wildman–Crippen LogP) is 2.51. The zero-order chi connectivity index (χ0) is 13.8. The summed E-state index contributed by atoms with van der Waals surface area (Å²) in [5, 5.41) is 7.49. The Balaban J connectivity index is 1.63. The van der Waals surface area contributed by atoms with Crippen LogP contribution in [0.25, 0.3) is 0 Å². The quantitative estimate of drug-likeness (QED) is 0.928. The number of hydrogen-bond donors (Lipinski definition) is 1. The van der Waals surface area contributed by atoms with Gasteiger partial charge in [0, 0.05) is 12.8 Å². The highest BCUT2D eigenvalue weighted by Gasteiger charge is 2.17. The maximum atomic E-state index is 5.40. The molecule has 4 heteroatoms. The zero-order valence-corrected chi connectivity index (χ0v) is 11.9. The van der Waals surface area contributed by atoms with E-state index in [2.05, 4.69) is 46.6 Å². The van der Waals surface area contributed by atoms with Gasteiger partial charge in [-0.2, -0.15) is 4.98 Å². The summed E-state index contributed by atoms with van der Waals surface area (Å²) >= 11 is 0. The molecule has 0 amide bonds. The van der Waals surface area contributed by atoms with Crippen LogP contribution in [0.5, 0.6) is 0 Å². The summed E-state index contributed by atoms with van der Waals surface area (Å²) in [5.41, 5.74) is 2.54. The molecule has 0 unspecified atom stereocenters. The van der Waals surface area contributed by atoms with E-state index in [9.17, 15) is 0 Å². The predicted molar refractivity (Wildman–Crippen MR) is 77.6 cm³/mol. The number of rotatable bonds is 4. The van der Waals surface area contributed by atoms with Crippen molar-refractivity contribution >= 4 is 0 Å². The standard InChI is InChI=1S/C16H21N3O/c1-12-4-2-3-5-14(12)11-15-18-16(20-19-15)10-13-6-8-17-9-7-13/h2-5,13,17H,6-11H2,1H3. The number of aryl methyl sites for hydroxylation is 1. The Morgan fingerprint density at radius 2 is 2.05 bits per heavy atom. The summed E-state index contributed by atoms with van der Waals surface area (Å²) in [6, 6.07) is 8.35. The Morgan fingerprint density at radius 3 is 2.85 bits per heavy atom. The highest BCUT2D eigenvalue weighted by Crippen LogP contribution is 2.18. The van der Waals surface area contributed by atoms with Gasteiger partial charge in [-0.1, -0.05) is 29.4 Å². The van der Waals surface area contributed by atoms with E-state index in [1.807, 2.05) is 0 Å². The molecule has 0 atom stereocenters. The molecule has 1 aliphatic rings. The SMILES string of the molecule is Cc1ccccc1Cc1noc(CC2CCNCC2)n1. The molecule has 106 valence electrons. The van der Waals surface area contributed by atoms with Crippen molar-refractivity contribution in [3.63, 3.8) is 0 Å². The van der Waals surface area contributed by atoms with Crippen molar-refractivity contribution in [2.45, 2.75) is 32.6 Å². The van der Waals surface area contributed by atoms with Crippen molar-refractivity contribution < 1.29 is 4.52 Å². The van der Waals surface area contributed by atoms with Crippen LogP contribution in [0.4, 0.5) is 0 Å². The lowest BCUT2D eigenvalue weighted by molar-refractivity contribution is 0.312. The fourth-order valence-electron chi connectivity index (χ4n) is 2.76. The molecule has 3 rings (SSSR count). The van der Waals surface area contributed by atoms with Gasteiger partial charge in [0.15, 0.2) is 5.82 Å². The summed E-state index contributed by atoms with van der Waals surface area (Å²) in [6.45, 7) is 4.33. The largest absolute Gasteiger partial charge is 0.339 e. The van der Waals surface area contributed by atoms with E-state index < -0.39 is 0 Å². The average molecular weight is 271 g/mol. The molecule has 1 aromatic carbocycles. The first-order chi connectivity index (χ1) is 9.81. The van der Waals surface area contributed by atoms with E-state index in [1.54, 1.807) is 0 Å². The van der Waals surface area contributed by atoms with Crippen LogP contribution in [-0.4, -0.2) is 23.2 Å². The van der Waals surface area contributed by atoms with Crippen LogP contribution in [0.1, 0.15) is 35.7 Å². The molecule has 20 heavy (non-hydrogen) atoms. The molecule has 4 nitrogen and oxygen atoms in total. The van der Waals surface area contributed by atoms with Crippen molar-refractivity contribution in [1.29, 1.82) is 0 Å². The fraction of sp³-hybridized carbons (Fsp3) is 0.500. The lowest BCUT2D eigenvalue weighted by Crippen LogP contribution is -2.28. The topological polar surface area (TPSA) is 51.0 Å². The first-order valence-corrected chi connectivity index (χ1v) is 7.38. The van der Waals surface area contributed by atoms with Crippen molar-refractivity contribution in [3.8, 4) is 0 Å². The molecule has 2 heterocycles. The molecule has 1 N–H and O–H groups in total. The minimum absolute atomic E-state index is 0.683. The number of benzene rings is 1. The fourth-order valence-corrected chi connectivity index (χ4v) is 2.76. The second-order valence-corrected chi connectivity index (χ2v) is 5.61. The monoisotopic (exact) mass is 271 g/mol. The van der Waals surface area contributed by atoms with Crippen LogP contribution < -0.4 is 5.32 Å². The Labute approximate surface area is 119 Å². The molecule has 1 aromatic heterocycles. The normalized spacial score (nSPS) is 16.4. The van der Waals surface area contributed by atoms with Crippen LogP contribution in [0.15, 0.2) is 28.8 Å². The minimum Gasteiger partial charge on any atom is -0.339 e. The molecular formula is C16H21N3O. The van der Waals surface area contributed by atoms with Gasteiger partial charge >= 0.3 is 0 Å². The first-order valence-electron chi connectivity index (χ1n) is 7.38. The molecule has 2 aromatic rings. The van der Waals surface area contributed by atoms with Gasteiger partial charge < -0.3 is 9.84 Å². The molecule has 1 saturated heterocycles. The second kappa shape index (κ2) is 6.18. The lowest BCUT2D eigenvalue weighted by atomic mass is 9.95. The molecular weight excluding hydrogens is 250 g/mol. The lowest BCUT2D eigenvalue weighted by Gasteiger charge is -2.20. The van der Waals surface area contributed by atoms with Crippen LogP contribution >= 0.6 is 0 Å². The third-order valence-electron chi connectivity index (χ3n) is 4.04. The molecule has 0 bridgehead atoms. The first kappa shape index (κ1) is 13.3. The van der Waals surface area contributed by atoms with E-state index in [-0.39, 0.29) is 0 Å². The van der Waals surface area contributed by atoms with Gasteiger partial charge in [0.05, 0.1) is 0 Å². The van der Waals surface area contributed by atoms with Crippen LogP contribution in [-0.2, 0) is 12.8 Å². The summed E-state index contributed by atoms with van der Waals surface area (Å²) in [5.74, 6) is 2.27. The Morgan fingerprint density at radius 1 is 1.25 bits per heavy atom. The van der Waals surface area contributed by atoms with Gasteiger partial charge in [0.2, 0.25) is 5.89 Å². The van der Waals surface area contributed by atoms with Gasteiger partial charge in [0.1, 0.15) is 0 Å². The van der Waals surface area contributed by atoms with E-state index in [4.69, 9.17) is 4.52 Å². The third kappa shape index (κ3) is 3.25. The van der Waals surface area contributed by atoms with Gasteiger partial charge in [-0.05, 0) is 49.9 Å². The number of piperidine rings is 1. The van der Waals surface area contributed by atoms with Gasteiger partial charge in [-0.3, -0.25) is 0 Å². The Bertz CT molecular complexity index is 558. The molecule has 0 radical (unpaired) electrons. The van der Waals surface area contributed by atoms with Gasteiger partial charge in [-0.25, -0.2) is 0 Å². The van der Waals surface area contributed by atoms with E-state index in [1.165, 1.54) is 24.0 Å². The minimum atomic E-state index is 0.683. The maximum absolute atomic E-state index is 5.40. The molecule has 1 aliphatic heterocycles. The molecule has 0 aliphatic carbocycles. The van der Waals surface area contributed by atoms with Crippen LogP contribution in [0.3, 0.4) is 0 Å². The number of nitrogens with zero attached hydrogens (tertiary/aromatic N) is 2. The summed E-state index contributed by atoms with van der Waals surface area (Å²) in [6.07, 6.45) is 4.08. The highest BCUT2D eigenvalue weighted by atomic mass is 16.5. The smallest absolute Gasteiger partial charge is 0.226 e. The summed E-state index contributed by atoms with van der Waals surface area (Å²) in [7, 11) is 0. The van der Waals surface area contributed by atoms with Crippen LogP contribution in [0.2, 0.25) is 0 Å². The van der Waals surface area contributed by atoms with Crippen LogP contribution in [0, 0.1) is 12.8 Å². The number of hydrogen-bond acceptors (Lipinski definition) is 4. The van der Waals surface area contributed by atoms with Crippen molar-refractivity contribution in [2.75, 3.05) is 13.1 Å². The summed E-state index contributed by atoms with van der Waals surface area (Å²) in [4.78, 5) is 4.54. The maximum Gasteiger partial charge on any atom is 0.226 e. The van der Waals surface area contributed by atoms with Crippen molar-refractivity contribution in [1.82, 2.24) is 15.5 Å². The Hall–Kier alpha value is -1.68. The van der Waals surface area contributed by atoms with Gasteiger partial charge in [0.25, 0.3) is 0 Å². The molecule has 0 spiro atoms. The molecule has 0 saturated carbocycles. The Kier molecular flexibility index (Phi) is 4.11. The van der Waals surface area contributed by atoms with E-state index in [0.717, 1.165) is 37.6 Å². The van der Waals surface area contributed by atoms with Crippen molar-refractivity contribution in [3.05, 3.63) is 47.1 Å². The van der Waals surface area contributed by atoms with Crippen molar-refractivity contribution in [2.24, 2.45) is 5.92 Å². The molecule has 1 fully saturated rings. The third-order valence-corrected chi connectivity index (χ3v) is 4.04.